The summed E-state index contributed by atoms with van der Waals surface area (Å²) in [5, 5.41) is -0.528. The molecular formula is C18H21NO7S. The molecule has 0 radical (unpaired) electrons. The van der Waals surface area contributed by atoms with Crippen LogP contribution in [0.1, 0.15) is 19.4 Å². The number of hydrogen-bond donors (Lipinski definition) is 0. The van der Waals surface area contributed by atoms with Crippen molar-refractivity contribution in [3.8, 4) is 17.2 Å². The number of benzene rings is 1. The van der Waals surface area contributed by atoms with E-state index in [1.807, 2.05) is 0 Å². The fraction of sp³-hybridized carbons (Fsp3) is 0.389. The van der Waals surface area contributed by atoms with Crippen molar-refractivity contribution in [3.63, 3.8) is 0 Å². The quantitative estimate of drug-likeness (QED) is 0.514. The van der Waals surface area contributed by atoms with Gasteiger partial charge in [-0.1, -0.05) is 0 Å². The predicted octanol–water partition coefficient (Wildman–Crippen LogP) is 2.70. The first kappa shape index (κ1) is 20.6. The van der Waals surface area contributed by atoms with Crippen molar-refractivity contribution < 1.29 is 33.3 Å². The van der Waals surface area contributed by atoms with E-state index in [9.17, 15) is 14.4 Å². The molecule has 0 bridgehead atoms. The molecule has 0 aromatic heterocycles. The zero-order valence-corrected chi connectivity index (χ0v) is 16.5. The Morgan fingerprint density at radius 3 is 2.22 bits per heavy atom. The van der Waals surface area contributed by atoms with Gasteiger partial charge < -0.3 is 18.9 Å². The molecule has 0 N–H and O–H groups in total. The van der Waals surface area contributed by atoms with Gasteiger partial charge in [0.15, 0.2) is 11.5 Å². The zero-order chi connectivity index (χ0) is 20.1. The minimum atomic E-state index is -0.997. The van der Waals surface area contributed by atoms with Gasteiger partial charge in [-0.3, -0.25) is 14.5 Å². The van der Waals surface area contributed by atoms with E-state index in [1.54, 1.807) is 19.1 Å². The van der Waals surface area contributed by atoms with E-state index in [0.717, 1.165) is 16.7 Å². The van der Waals surface area contributed by atoms with Crippen molar-refractivity contribution in [1.82, 2.24) is 4.90 Å². The highest BCUT2D eigenvalue weighted by Crippen LogP contribution is 2.40. The molecule has 2 rings (SSSR count). The molecule has 1 saturated heterocycles. The Labute approximate surface area is 161 Å². The lowest BCUT2D eigenvalue weighted by Crippen LogP contribution is -2.42. The third-order valence-electron chi connectivity index (χ3n) is 3.82. The number of imide groups is 1. The highest BCUT2D eigenvalue weighted by molar-refractivity contribution is 8.18. The van der Waals surface area contributed by atoms with Crippen LogP contribution in [0.2, 0.25) is 0 Å². The summed E-state index contributed by atoms with van der Waals surface area (Å²) in [5.74, 6) is 0.0683. The highest BCUT2D eigenvalue weighted by Gasteiger charge is 2.41. The molecule has 8 nitrogen and oxygen atoms in total. The molecule has 1 fully saturated rings. The maximum Gasteiger partial charge on any atom is 0.329 e. The molecule has 1 aliphatic rings. The number of carbonyl (C=O) groups is 3. The fourth-order valence-corrected chi connectivity index (χ4v) is 3.43. The Kier molecular flexibility index (Phi) is 6.73. The third-order valence-corrected chi connectivity index (χ3v) is 4.71. The summed E-state index contributed by atoms with van der Waals surface area (Å²) >= 11 is 0.755. The van der Waals surface area contributed by atoms with Gasteiger partial charge in [0.05, 0.1) is 32.8 Å². The molecule has 0 saturated carbocycles. The summed E-state index contributed by atoms with van der Waals surface area (Å²) in [7, 11) is 4.45. The van der Waals surface area contributed by atoms with E-state index < -0.39 is 23.2 Å². The molecule has 0 unspecified atom stereocenters. The molecule has 0 aliphatic carbocycles. The average Bonchev–Trinajstić information content (AvgIpc) is 2.93. The molecular weight excluding hydrogens is 374 g/mol. The second-order valence-corrected chi connectivity index (χ2v) is 6.43. The topological polar surface area (TPSA) is 91.4 Å². The number of methoxy groups -OCH3 is 3. The van der Waals surface area contributed by atoms with Gasteiger partial charge in [0.1, 0.15) is 6.04 Å². The summed E-state index contributed by atoms with van der Waals surface area (Å²) in [5.41, 5.74) is 0.582. The summed E-state index contributed by atoms with van der Waals surface area (Å²) < 4.78 is 20.7. The Morgan fingerprint density at radius 2 is 1.74 bits per heavy atom. The van der Waals surface area contributed by atoms with Gasteiger partial charge in [0.2, 0.25) is 5.75 Å². The van der Waals surface area contributed by atoms with Crippen LogP contribution in [0.4, 0.5) is 4.79 Å². The number of rotatable bonds is 7. The van der Waals surface area contributed by atoms with Gasteiger partial charge in [-0.2, -0.15) is 0 Å². The van der Waals surface area contributed by atoms with E-state index in [4.69, 9.17) is 18.9 Å². The van der Waals surface area contributed by atoms with Gasteiger partial charge in [0, 0.05) is 0 Å². The summed E-state index contributed by atoms with van der Waals surface area (Å²) in [6.45, 7) is 3.28. The van der Waals surface area contributed by atoms with E-state index in [1.165, 1.54) is 34.3 Å². The lowest BCUT2D eigenvalue weighted by atomic mass is 10.1. The van der Waals surface area contributed by atoms with Crippen LogP contribution in [0.5, 0.6) is 17.2 Å². The van der Waals surface area contributed by atoms with Gasteiger partial charge in [-0.15, -0.1) is 0 Å². The van der Waals surface area contributed by atoms with Crippen LogP contribution in [0, 0.1) is 0 Å². The van der Waals surface area contributed by atoms with Crippen molar-refractivity contribution >= 4 is 35.0 Å². The van der Waals surface area contributed by atoms with Gasteiger partial charge in [0.25, 0.3) is 11.1 Å². The summed E-state index contributed by atoms with van der Waals surface area (Å²) in [6, 6.07) is 2.32. The molecule has 1 atom stereocenters. The fourth-order valence-electron chi connectivity index (χ4n) is 2.52. The van der Waals surface area contributed by atoms with Crippen molar-refractivity contribution in [1.29, 1.82) is 0 Å². The first-order chi connectivity index (χ1) is 12.9. The van der Waals surface area contributed by atoms with Crippen molar-refractivity contribution in [2.45, 2.75) is 19.9 Å². The largest absolute Gasteiger partial charge is 0.493 e. The molecule has 0 spiro atoms. The van der Waals surface area contributed by atoms with Gasteiger partial charge >= 0.3 is 5.97 Å². The van der Waals surface area contributed by atoms with E-state index in [0.29, 0.717) is 22.8 Å². The second kappa shape index (κ2) is 8.81. The first-order valence-electron chi connectivity index (χ1n) is 8.11. The normalized spacial score (nSPS) is 16.5. The second-order valence-electron chi connectivity index (χ2n) is 5.44. The minimum absolute atomic E-state index is 0.167. The number of ether oxygens (including phenoxy) is 4. The minimum Gasteiger partial charge on any atom is -0.493 e. The smallest absolute Gasteiger partial charge is 0.329 e. The Balaban J connectivity index is 2.36. The molecule has 1 heterocycles. The highest BCUT2D eigenvalue weighted by atomic mass is 32.2. The Hall–Kier alpha value is -2.68. The summed E-state index contributed by atoms with van der Waals surface area (Å²) in [4.78, 5) is 37.8. The molecule has 1 aliphatic heterocycles. The van der Waals surface area contributed by atoms with Crippen LogP contribution in [-0.4, -0.2) is 56.0 Å². The maximum atomic E-state index is 12.6. The number of thioether (sulfide) groups is 1. The maximum absolute atomic E-state index is 12.6. The number of nitrogens with zero attached hydrogens (tertiary/aromatic N) is 1. The zero-order valence-electron chi connectivity index (χ0n) is 15.7. The van der Waals surface area contributed by atoms with Crippen LogP contribution in [0.15, 0.2) is 17.0 Å². The number of carbonyl (C=O) groups excluding carboxylic acids is 3. The molecule has 27 heavy (non-hydrogen) atoms. The van der Waals surface area contributed by atoms with E-state index >= 15 is 0 Å². The van der Waals surface area contributed by atoms with Crippen molar-refractivity contribution in [2.75, 3.05) is 27.9 Å². The molecule has 146 valence electrons. The van der Waals surface area contributed by atoms with Crippen LogP contribution in [0.25, 0.3) is 6.08 Å². The lowest BCUT2D eigenvalue weighted by molar-refractivity contribution is -0.150. The SMILES string of the molecule is CCOC(=O)[C@H](C)N1C(=O)S/C(=C\c2cc(OC)c(OC)c(OC)c2)C1=O. The Bertz CT molecular complexity index is 765. The average molecular weight is 395 g/mol. The third kappa shape index (κ3) is 4.19. The van der Waals surface area contributed by atoms with E-state index in [-0.39, 0.29) is 11.5 Å². The first-order valence-corrected chi connectivity index (χ1v) is 8.93. The molecule has 1 aromatic carbocycles. The monoisotopic (exact) mass is 395 g/mol. The van der Waals surface area contributed by atoms with Crippen LogP contribution in [0.3, 0.4) is 0 Å². The predicted molar refractivity (Wildman–Crippen MR) is 100 cm³/mol. The van der Waals surface area contributed by atoms with Crippen molar-refractivity contribution in [3.05, 3.63) is 22.6 Å². The van der Waals surface area contributed by atoms with Crippen LogP contribution < -0.4 is 14.2 Å². The van der Waals surface area contributed by atoms with Crippen LogP contribution in [-0.2, 0) is 14.3 Å². The molecule has 2 amide bonds. The van der Waals surface area contributed by atoms with E-state index in [2.05, 4.69) is 0 Å². The van der Waals surface area contributed by atoms with Crippen LogP contribution >= 0.6 is 11.8 Å². The molecule has 9 heteroatoms. The number of hydrogen-bond acceptors (Lipinski definition) is 8. The lowest BCUT2D eigenvalue weighted by Gasteiger charge is -2.19. The van der Waals surface area contributed by atoms with Gasteiger partial charge in [-0.05, 0) is 49.4 Å². The molecule has 1 aromatic rings. The summed E-state index contributed by atoms with van der Waals surface area (Å²) in [6.07, 6.45) is 1.53. The Morgan fingerprint density at radius 1 is 1.15 bits per heavy atom. The van der Waals surface area contributed by atoms with Crippen molar-refractivity contribution in [2.24, 2.45) is 0 Å². The van der Waals surface area contributed by atoms with Gasteiger partial charge in [-0.25, -0.2) is 4.79 Å². The standard InChI is InChI=1S/C18H21NO7S/c1-6-26-17(21)10(2)19-16(20)14(27-18(19)22)9-11-7-12(23-3)15(25-5)13(8-11)24-4/h7-10H,6H2,1-5H3/b14-9-/t10-/m0/s1. The number of amides is 2. The number of esters is 1.